The summed E-state index contributed by atoms with van der Waals surface area (Å²) in [6, 6.07) is 7.60. The topological polar surface area (TPSA) is 64.9 Å². The number of anilines is 2. The van der Waals surface area contributed by atoms with Crippen LogP contribution in [0.3, 0.4) is 0 Å². The van der Waals surface area contributed by atoms with Gasteiger partial charge in [0.05, 0.1) is 5.69 Å². The summed E-state index contributed by atoms with van der Waals surface area (Å²) < 4.78 is 0. The maximum Gasteiger partial charge on any atom is 0.180 e. The molecule has 0 saturated carbocycles. The smallest absolute Gasteiger partial charge is 0.180 e. The summed E-state index contributed by atoms with van der Waals surface area (Å²) in [5, 5.41) is 2.50. The number of nitrogens with zero attached hydrogens (tertiary/aromatic N) is 1. The predicted molar refractivity (Wildman–Crippen MR) is 67.7 cm³/mol. The van der Waals surface area contributed by atoms with Crippen molar-refractivity contribution in [2.24, 2.45) is 0 Å². The molecule has 80 valence electrons. The highest BCUT2D eigenvalue weighted by atomic mass is 32.1. The summed E-state index contributed by atoms with van der Waals surface area (Å²) in [6.45, 7) is 4.00. The average Bonchev–Trinajstić information content (AvgIpc) is 2.68. The second kappa shape index (κ2) is 5.36. The fourth-order valence-corrected chi connectivity index (χ4v) is 1.69. The first-order valence-corrected chi connectivity index (χ1v) is 5.70. The Morgan fingerprint density at radius 1 is 1.20 bits per heavy atom. The lowest BCUT2D eigenvalue weighted by molar-refractivity contribution is 1.41. The second-order valence-electron chi connectivity index (χ2n) is 2.70. The molecule has 4 heteroatoms. The van der Waals surface area contributed by atoms with E-state index in [9.17, 15) is 0 Å². The Morgan fingerprint density at radius 2 is 1.93 bits per heavy atom. The molecule has 0 bridgehead atoms. The van der Waals surface area contributed by atoms with Gasteiger partial charge in [-0.05, 0) is 12.1 Å². The molecule has 0 spiro atoms. The van der Waals surface area contributed by atoms with Gasteiger partial charge in [-0.1, -0.05) is 26.0 Å². The summed E-state index contributed by atoms with van der Waals surface area (Å²) in [7, 11) is 0. The predicted octanol–water partition coefficient (Wildman–Crippen LogP) is 3.00. The van der Waals surface area contributed by atoms with Crippen molar-refractivity contribution >= 4 is 22.2 Å². The van der Waals surface area contributed by atoms with Crippen molar-refractivity contribution < 1.29 is 0 Å². The van der Waals surface area contributed by atoms with E-state index in [1.165, 1.54) is 11.3 Å². The van der Waals surface area contributed by atoms with Gasteiger partial charge < -0.3 is 11.5 Å². The summed E-state index contributed by atoms with van der Waals surface area (Å²) in [6.07, 6.45) is 0. The number of aromatic nitrogens is 1. The SMILES string of the molecule is CC.Nc1cccc(-c2csc(N)n2)c1. The Hall–Kier alpha value is -1.55. The molecule has 0 aliphatic carbocycles. The van der Waals surface area contributed by atoms with Gasteiger partial charge in [0, 0.05) is 16.6 Å². The van der Waals surface area contributed by atoms with Crippen molar-refractivity contribution in [2.45, 2.75) is 13.8 Å². The quantitative estimate of drug-likeness (QED) is 0.727. The summed E-state index contributed by atoms with van der Waals surface area (Å²) in [4.78, 5) is 4.16. The number of thiazole rings is 1. The summed E-state index contributed by atoms with van der Waals surface area (Å²) in [5.74, 6) is 0. The van der Waals surface area contributed by atoms with Crippen molar-refractivity contribution in [1.82, 2.24) is 4.98 Å². The van der Waals surface area contributed by atoms with Crippen LogP contribution in [0.5, 0.6) is 0 Å². The molecule has 0 amide bonds. The van der Waals surface area contributed by atoms with Gasteiger partial charge in [0.2, 0.25) is 0 Å². The van der Waals surface area contributed by atoms with Crippen molar-refractivity contribution in [3.05, 3.63) is 29.6 Å². The largest absolute Gasteiger partial charge is 0.399 e. The van der Waals surface area contributed by atoms with Crippen LogP contribution in [0.15, 0.2) is 29.6 Å². The van der Waals surface area contributed by atoms with E-state index in [1.54, 1.807) is 0 Å². The molecule has 0 unspecified atom stereocenters. The van der Waals surface area contributed by atoms with Gasteiger partial charge in [0.1, 0.15) is 0 Å². The molecule has 3 nitrogen and oxygen atoms in total. The molecule has 0 aliphatic heterocycles. The first kappa shape index (κ1) is 11.5. The van der Waals surface area contributed by atoms with Crippen LogP contribution >= 0.6 is 11.3 Å². The Balaban J connectivity index is 0.000000531. The summed E-state index contributed by atoms with van der Waals surface area (Å²) >= 11 is 1.43. The van der Waals surface area contributed by atoms with Crippen molar-refractivity contribution in [3.63, 3.8) is 0 Å². The van der Waals surface area contributed by atoms with E-state index >= 15 is 0 Å². The molecule has 0 radical (unpaired) electrons. The Morgan fingerprint density at radius 3 is 2.47 bits per heavy atom. The van der Waals surface area contributed by atoms with E-state index in [-0.39, 0.29) is 0 Å². The van der Waals surface area contributed by atoms with Gasteiger partial charge in [0.25, 0.3) is 0 Å². The Labute approximate surface area is 93.8 Å². The minimum Gasteiger partial charge on any atom is -0.399 e. The number of benzene rings is 1. The van der Waals surface area contributed by atoms with Crippen molar-refractivity contribution in [3.8, 4) is 11.3 Å². The molecule has 2 rings (SSSR count). The molecule has 4 N–H and O–H groups in total. The molecule has 0 fully saturated rings. The highest BCUT2D eigenvalue weighted by molar-refractivity contribution is 7.13. The number of nitrogen functional groups attached to an aromatic ring is 2. The molecule has 1 heterocycles. The zero-order valence-electron chi connectivity index (χ0n) is 8.90. The number of hydrogen-bond acceptors (Lipinski definition) is 4. The first-order valence-electron chi connectivity index (χ1n) is 4.82. The molecular weight excluding hydrogens is 206 g/mol. The highest BCUT2D eigenvalue weighted by Gasteiger charge is 2.01. The third kappa shape index (κ3) is 2.95. The van der Waals surface area contributed by atoms with E-state index in [0.29, 0.717) is 5.13 Å². The van der Waals surface area contributed by atoms with Gasteiger partial charge in [-0.2, -0.15) is 0 Å². The van der Waals surface area contributed by atoms with Gasteiger partial charge in [-0.3, -0.25) is 0 Å². The van der Waals surface area contributed by atoms with Crippen molar-refractivity contribution in [2.75, 3.05) is 11.5 Å². The summed E-state index contributed by atoms with van der Waals surface area (Å²) in [5.41, 5.74) is 13.8. The lowest BCUT2D eigenvalue weighted by Gasteiger charge is -1.97. The maximum absolute atomic E-state index is 5.65. The molecule has 0 atom stereocenters. The molecular formula is C11H15N3S. The third-order valence-electron chi connectivity index (χ3n) is 1.70. The van der Waals surface area contributed by atoms with Gasteiger partial charge in [-0.15, -0.1) is 11.3 Å². The molecule has 0 saturated heterocycles. The average molecular weight is 221 g/mol. The minimum absolute atomic E-state index is 0.581. The van der Waals surface area contributed by atoms with Crippen LogP contribution < -0.4 is 11.5 Å². The van der Waals surface area contributed by atoms with Crippen LogP contribution in [-0.4, -0.2) is 4.98 Å². The highest BCUT2D eigenvalue weighted by Crippen LogP contribution is 2.24. The lowest BCUT2D eigenvalue weighted by Crippen LogP contribution is -1.86. The maximum atomic E-state index is 5.65. The first-order chi connectivity index (χ1) is 7.25. The van der Waals surface area contributed by atoms with E-state index in [2.05, 4.69) is 4.98 Å². The van der Waals surface area contributed by atoms with Crippen LogP contribution in [0.1, 0.15) is 13.8 Å². The van der Waals surface area contributed by atoms with Crippen molar-refractivity contribution in [1.29, 1.82) is 0 Å². The van der Waals surface area contributed by atoms with E-state index in [4.69, 9.17) is 11.5 Å². The standard InChI is InChI=1S/C9H9N3S.C2H6/c10-7-3-1-2-6(4-7)8-5-13-9(11)12-8;1-2/h1-5H,10H2,(H2,11,12);1-2H3. The minimum atomic E-state index is 0.581. The van der Waals surface area contributed by atoms with Crippen LogP contribution in [0.4, 0.5) is 10.8 Å². The van der Waals surface area contributed by atoms with E-state index in [1.807, 2.05) is 43.5 Å². The molecule has 0 aliphatic rings. The van der Waals surface area contributed by atoms with E-state index in [0.717, 1.165) is 16.9 Å². The molecule has 2 aromatic rings. The van der Waals surface area contributed by atoms with Gasteiger partial charge >= 0.3 is 0 Å². The zero-order valence-corrected chi connectivity index (χ0v) is 9.71. The van der Waals surface area contributed by atoms with Crippen LogP contribution in [-0.2, 0) is 0 Å². The zero-order chi connectivity index (χ0) is 11.3. The normalized spacial score (nSPS) is 9.20. The Bertz CT molecular complexity index is 423. The lowest BCUT2D eigenvalue weighted by atomic mass is 10.1. The third-order valence-corrected chi connectivity index (χ3v) is 2.38. The number of rotatable bonds is 1. The van der Waals surface area contributed by atoms with Gasteiger partial charge in [0.15, 0.2) is 5.13 Å². The molecule has 15 heavy (non-hydrogen) atoms. The number of nitrogens with two attached hydrogens (primary N) is 2. The second-order valence-corrected chi connectivity index (χ2v) is 3.59. The molecule has 1 aromatic heterocycles. The fraction of sp³-hybridized carbons (Fsp3) is 0.182. The van der Waals surface area contributed by atoms with Crippen LogP contribution in [0, 0.1) is 0 Å². The van der Waals surface area contributed by atoms with Gasteiger partial charge in [-0.25, -0.2) is 4.98 Å². The van der Waals surface area contributed by atoms with E-state index < -0.39 is 0 Å². The Kier molecular flexibility index (Phi) is 4.12. The van der Waals surface area contributed by atoms with Crippen LogP contribution in [0.25, 0.3) is 11.3 Å². The fourth-order valence-electron chi connectivity index (χ4n) is 1.12. The molecule has 1 aromatic carbocycles. The monoisotopic (exact) mass is 221 g/mol. The number of hydrogen-bond donors (Lipinski definition) is 2. The van der Waals surface area contributed by atoms with Crippen LogP contribution in [0.2, 0.25) is 0 Å².